The minimum Gasteiger partial charge on any atom is -0.548 e. The van der Waals surface area contributed by atoms with Crippen LogP contribution in [0.15, 0.2) is 29.3 Å². The van der Waals surface area contributed by atoms with Crippen molar-refractivity contribution in [3.05, 3.63) is 35.6 Å². The van der Waals surface area contributed by atoms with Crippen LogP contribution in [-0.4, -0.2) is 29.8 Å². The molecule has 1 atom stereocenters. The molecule has 0 aliphatic heterocycles. The van der Waals surface area contributed by atoms with E-state index in [0.29, 0.717) is 0 Å². The van der Waals surface area contributed by atoms with Crippen molar-refractivity contribution in [3.63, 3.8) is 0 Å². The van der Waals surface area contributed by atoms with E-state index in [9.17, 15) is 36.2 Å². The third-order valence-electron chi connectivity index (χ3n) is 3.14. The zero-order valence-corrected chi connectivity index (χ0v) is 17.5. The van der Waals surface area contributed by atoms with E-state index in [-0.39, 0.29) is 51.4 Å². The first-order valence-electron chi connectivity index (χ1n) is 7.31. The molecule has 1 aromatic carbocycles. The molecule has 0 bridgehead atoms. The Morgan fingerprint density at radius 1 is 1.08 bits per heavy atom. The predicted octanol–water partition coefficient (Wildman–Crippen LogP) is 0.371. The van der Waals surface area contributed by atoms with E-state index in [4.69, 9.17) is 0 Å². The topological polar surface area (TPSA) is 52.5 Å². The number of carbonyl (C=O) groups excluding carboxylic acids is 1. The monoisotopic (exact) mass is 407 g/mol. The second-order valence-corrected chi connectivity index (χ2v) is 5.98. The first kappa shape index (κ1) is 25.6. The van der Waals surface area contributed by atoms with Crippen LogP contribution in [0.25, 0.3) is 0 Å². The molecule has 26 heavy (non-hydrogen) atoms. The molecule has 0 saturated carbocycles. The normalized spacial score (nSPS) is 14.1. The number of aliphatic imine (C=N–C) groups is 1. The maximum absolute atomic E-state index is 13.8. The van der Waals surface area contributed by atoms with Gasteiger partial charge in [-0.15, -0.1) is 0 Å². The number of nitrogens with zero attached hydrogens (tertiary/aromatic N) is 1. The molecule has 10 heteroatoms. The first-order valence-corrected chi connectivity index (χ1v) is 7.31. The number of rotatable bonds is 7. The average molecular weight is 407 g/mol. The number of hydrogen-bond donors (Lipinski definition) is 0. The van der Waals surface area contributed by atoms with Crippen molar-refractivity contribution in [2.45, 2.75) is 44.8 Å². The van der Waals surface area contributed by atoms with Gasteiger partial charge in [-0.05, 0) is 30.2 Å². The summed E-state index contributed by atoms with van der Waals surface area (Å²) in [6, 6.07) is 0.520. The summed E-state index contributed by atoms with van der Waals surface area (Å²) in [5.74, 6) is -6.99. The molecule has 0 aliphatic rings. The quantitative estimate of drug-likeness (QED) is 0.373. The van der Waals surface area contributed by atoms with Crippen LogP contribution in [-0.2, 0) is 4.79 Å². The van der Waals surface area contributed by atoms with Gasteiger partial charge in [-0.2, -0.15) is 13.2 Å². The van der Waals surface area contributed by atoms with Crippen LogP contribution in [0, 0.1) is 11.7 Å². The van der Waals surface area contributed by atoms with E-state index in [2.05, 4.69) is 4.99 Å². The van der Waals surface area contributed by atoms with Gasteiger partial charge in [-0.1, -0.05) is 13.8 Å². The van der Waals surface area contributed by atoms with Gasteiger partial charge >= 0.3 is 57.6 Å². The van der Waals surface area contributed by atoms with Gasteiger partial charge in [0.25, 0.3) is 5.92 Å². The first-order chi connectivity index (χ1) is 11.3. The number of benzene rings is 1. The van der Waals surface area contributed by atoms with Gasteiger partial charge in [0.15, 0.2) is 0 Å². The van der Waals surface area contributed by atoms with Crippen molar-refractivity contribution >= 4 is 11.7 Å². The maximum atomic E-state index is 13.8. The van der Waals surface area contributed by atoms with Crippen LogP contribution in [0.1, 0.15) is 32.3 Å². The standard InChI is InChI=1S/C16H17F6NO2.K/c1-9(2)7-15(18,19)8-12(14(24)25)23-13(16(20,21)22)10-3-5-11(17)6-4-10;/h3-6,9,12H,7-8H2,1-2H3,(H,24,25);/q;+1/p-1/t12-;/m0./s1. The number of carbonyl (C=O) groups is 1. The number of hydrogen-bond acceptors (Lipinski definition) is 3. The number of carboxylic acids is 1. The Balaban J connectivity index is 0.00000625. The molecule has 0 N–H and O–H groups in total. The Morgan fingerprint density at radius 2 is 1.58 bits per heavy atom. The van der Waals surface area contributed by atoms with E-state index < -0.39 is 60.0 Å². The van der Waals surface area contributed by atoms with Crippen LogP contribution in [0.5, 0.6) is 0 Å². The average Bonchev–Trinajstić information content (AvgIpc) is 2.41. The summed E-state index contributed by atoms with van der Waals surface area (Å²) in [6.07, 6.45) is -7.24. The molecule has 0 radical (unpaired) electrons. The Kier molecular flexibility index (Phi) is 10.0. The van der Waals surface area contributed by atoms with Gasteiger partial charge < -0.3 is 9.90 Å². The van der Waals surface area contributed by atoms with Crippen molar-refractivity contribution in [2.75, 3.05) is 0 Å². The van der Waals surface area contributed by atoms with Crippen LogP contribution in [0.2, 0.25) is 0 Å². The Bertz CT molecular complexity index is 629. The molecule has 3 nitrogen and oxygen atoms in total. The second kappa shape index (κ2) is 10.2. The smallest absolute Gasteiger partial charge is 0.548 e. The third-order valence-corrected chi connectivity index (χ3v) is 3.14. The van der Waals surface area contributed by atoms with E-state index in [1.807, 2.05) is 0 Å². The SMILES string of the molecule is CC(C)CC(F)(F)C[C@H](N=C(c1ccc(F)cc1)C(F)(F)F)C(=O)[O-].[K+]. The molecule has 1 aromatic rings. The summed E-state index contributed by atoms with van der Waals surface area (Å²) in [4.78, 5) is 14.0. The molecule has 1 rings (SSSR count). The van der Waals surface area contributed by atoms with E-state index in [1.165, 1.54) is 13.8 Å². The van der Waals surface area contributed by atoms with E-state index in [0.717, 1.165) is 24.3 Å². The zero-order chi connectivity index (χ0) is 19.4. The number of alkyl halides is 5. The summed E-state index contributed by atoms with van der Waals surface area (Å²) in [5.41, 5.74) is -2.31. The van der Waals surface area contributed by atoms with Gasteiger partial charge in [0.1, 0.15) is 11.5 Å². The van der Waals surface area contributed by atoms with Crippen molar-refractivity contribution in [1.29, 1.82) is 0 Å². The van der Waals surface area contributed by atoms with Crippen molar-refractivity contribution in [2.24, 2.45) is 10.9 Å². The van der Waals surface area contributed by atoms with Gasteiger partial charge in [-0.25, -0.2) is 13.2 Å². The largest absolute Gasteiger partial charge is 1.00 e. The second-order valence-electron chi connectivity index (χ2n) is 5.98. The van der Waals surface area contributed by atoms with Crippen molar-refractivity contribution in [3.8, 4) is 0 Å². The number of aliphatic carboxylic acids is 1. The molecule has 0 heterocycles. The zero-order valence-electron chi connectivity index (χ0n) is 14.4. The van der Waals surface area contributed by atoms with Crippen molar-refractivity contribution in [1.82, 2.24) is 0 Å². The number of carboxylic acid groups (broad SMARTS) is 1. The summed E-state index contributed by atoms with van der Waals surface area (Å²) in [6.45, 7) is 2.93. The third kappa shape index (κ3) is 8.51. The fourth-order valence-corrected chi connectivity index (χ4v) is 2.22. The minimum absolute atomic E-state index is 0. The molecule has 0 saturated heterocycles. The summed E-state index contributed by atoms with van der Waals surface area (Å²) in [7, 11) is 0. The van der Waals surface area contributed by atoms with Gasteiger partial charge in [0, 0.05) is 18.4 Å². The summed E-state index contributed by atoms with van der Waals surface area (Å²) < 4.78 is 79.9. The molecule has 0 aromatic heterocycles. The van der Waals surface area contributed by atoms with Crippen LogP contribution < -0.4 is 56.5 Å². The summed E-state index contributed by atoms with van der Waals surface area (Å²) >= 11 is 0. The molecule has 0 aliphatic carbocycles. The van der Waals surface area contributed by atoms with Gasteiger partial charge in [0.2, 0.25) is 0 Å². The Morgan fingerprint density at radius 3 is 1.96 bits per heavy atom. The molecule has 140 valence electrons. The van der Waals surface area contributed by atoms with Crippen LogP contribution in [0.4, 0.5) is 26.3 Å². The van der Waals surface area contributed by atoms with E-state index in [1.54, 1.807) is 0 Å². The Hall–Kier alpha value is -0.424. The van der Waals surface area contributed by atoms with E-state index >= 15 is 0 Å². The number of halogens is 6. The molecular formula is C16H16F6KNO2. The fraction of sp³-hybridized carbons (Fsp3) is 0.500. The molecule has 0 fully saturated rings. The maximum Gasteiger partial charge on any atom is 1.00 e. The van der Waals surface area contributed by atoms with Crippen LogP contribution >= 0.6 is 0 Å². The predicted molar refractivity (Wildman–Crippen MR) is 76.8 cm³/mol. The van der Waals surface area contributed by atoms with Crippen LogP contribution in [0.3, 0.4) is 0 Å². The molecular weight excluding hydrogens is 391 g/mol. The van der Waals surface area contributed by atoms with Gasteiger partial charge in [-0.3, -0.25) is 4.99 Å². The minimum atomic E-state index is -5.11. The molecule has 0 unspecified atom stereocenters. The van der Waals surface area contributed by atoms with Crippen molar-refractivity contribution < 1.29 is 87.6 Å². The van der Waals surface area contributed by atoms with Gasteiger partial charge in [0.05, 0.1) is 12.0 Å². The Labute approximate surface area is 189 Å². The molecule has 0 spiro atoms. The fourth-order valence-electron chi connectivity index (χ4n) is 2.22. The molecule has 0 amide bonds. The summed E-state index contributed by atoms with van der Waals surface area (Å²) in [5, 5.41) is 11.0.